The molecular formula is C23H27F3N4O2S. The van der Waals surface area contributed by atoms with Crippen molar-refractivity contribution >= 4 is 16.0 Å². The molecule has 10 heteroatoms. The molecule has 1 N–H and O–H groups in total. The third-order valence-corrected chi connectivity index (χ3v) is 7.82. The molecule has 0 amide bonds. The van der Waals surface area contributed by atoms with Gasteiger partial charge in [-0.05, 0) is 41.9 Å². The van der Waals surface area contributed by atoms with Crippen LogP contribution in [0.5, 0.6) is 0 Å². The van der Waals surface area contributed by atoms with Crippen LogP contribution in [0.15, 0.2) is 18.2 Å². The number of nitrogens with zero attached hydrogens (tertiary/aromatic N) is 3. The Hall–Kier alpha value is -2.20. The van der Waals surface area contributed by atoms with Crippen molar-refractivity contribution in [2.45, 2.75) is 63.0 Å². The Bertz CT molecular complexity index is 1230. The van der Waals surface area contributed by atoms with Crippen LogP contribution in [-0.4, -0.2) is 43.9 Å². The fraction of sp³-hybridized carbons (Fsp3) is 0.565. The van der Waals surface area contributed by atoms with E-state index in [-0.39, 0.29) is 42.0 Å². The number of alkyl halides is 3. The van der Waals surface area contributed by atoms with Crippen molar-refractivity contribution < 1.29 is 21.6 Å². The molecule has 1 aliphatic heterocycles. The smallest absolute Gasteiger partial charge is 0.290 e. The Kier molecular flexibility index (Phi) is 5.06. The molecule has 2 atom stereocenters. The van der Waals surface area contributed by atoms with Crippen molar-refractivity contribution in [2.24, 2.45) is 0 Å². The molecule has 3 aliphatic rings. The van der Waals surface area contributed by atoms with Crippen molar-refractivity contribution in [1.29, 1.82) is 0 Å². The average Bonchev–Trinajstić information content (AvgIpc) is 3.12. The third-order valence-electron chi connectivity index (χ3n) is 7.11. The summed E-state index contributed by atoms with van der Waals surface area (Å²) in [7, 11) is -3.39. The van der Waals surface area contributed by atoms with Gasteiger partial charge in [-0.15, -0.1) is 0 Å². The first-order valence-corrected chi connectivity index (χ1v) is 13.0. The van der Waals surface area contributed by atoms with E-state index in [2.05, 4.69) is 14.7 Å². The maximum absolute atomic E-state index is 14.7. The van der Waals surface area contributed by atoms with Crippen molar-refractivity contribution in [3.8, 4) is 11.3 Å². The molecule has 0 spiro atoms. The summed E-state index contributed by atoms with van der Waals surface area (Å²) in [6.07, 6.45) is 2.22. The summed E-state index contributed by atoms with van der Waals surface area (Å²) in [5.74, 6) is -2.89. The van der Waals surface area contributed by atoms with Crippen molar-refractivity contribution in [2.75, 3.05) is 24.4 Å². The summed E-state index contributed by atoms with van der Waals surface area (Å²) >= 11 is 0. The lowest BCUT2D eigenvalue weighted by molar-refractivity contribution is -0.00595. The van der Waals surface area contributed by atoms with E-state index in [1.807, 2.05) is 32.0 Å². The fourth-order valence-electron chi connectivity index (χ4n) is 5.33. The molecule has 2 aliphatic carbocycles. The van der Waals surface area contributed by atoms with Gasteiger partial charge in [-0.2, -0.15) is 8.78 Å². The molecule has 1 fully saturated rings. The van der Waals surface area contributed by atoms with Crippen LogP contribution in [0.25, 0.3) is 11.3 Å². The number of halogens is 3. The summed E-state index contributed by atoms with van der Waals surface area (Å²) < 4.78 is 69.1. The van der Waals surface area contributed by atoms with Gasteiger partial charge in [0.25, 0.3) is 5.92 Å². The summed E-state index contributed by atoms with van der Waals surface area (Å²) in [6.45, 7) is 4.04. The highest BCUT2D eigenvalue weighted by Crippen LogP contribution is 2.48. The van der Waals surface area contributed by atoms with E-state index in [0.29, 0.717) is 36.2 Å². The minimum absolute atomic E-state index is 0.149. The number of anilines is 1. The van der Waals surface area contributed by atoms with Gasteiger partial charge in [-0.1, -0.05) is 26.0 Å². The molecule has 178 valence electrons. The third kappa shape index (κ3) is 3.80. The van der Waals surface area contributed by atoms with Gasteiger partial charge in [0.15, 0.2) is 0 Å². The average molecular weight is 481 g/mol. The van der Waals surface area contributed by atoms with E-state index in [4.69, 9.17) is 0 Å². The number of sulfonamides is 1. The van der Waals surface area contributed by atoms with Gasteiger partial charge >= 0.3 is 0 Å². The summed E-state index contributed by atoms with van der Waals surface area (Å²) in [5.41, 5.74) is 2.85. The zero-order chi connectivity index (χ0) is 23.8. The zero-order valence-electron chi connectivity index (χ0n) is 18.8. The van der Waals surface area contributed by atoms with E-state index >= 15 is 0 Å². The zero-order valence-corrected chi connectivity index (χ0v) is 19.6. The Labute approximate surface area is 191 Å². The number of hydrogen-bond donors (Lipinski definition) is 1. The van der Waals surface area contributed by atoms with Gasteiger partial charge in [-0.3, -0.25) is 0 Å². The number of benzene rings is 1. The number of nitrogens with one attached hydrogen (secondary N) is 1. The SMILES string of the molecule is CC1(C)CC(NS(C)(=O)=O)c2ccc(-c3nc(N4CC[C@@H]4CF)nc4c3CCC4(F)F)cc21. The fourth-order valence-corrected chi connectivity index (χ4v) is 6.06. The van der Waals surface area contributed by atoms with E-state index in [1.165, 1.54) is 0 Å². The molecule has 0 bridgehead atoms. The van der Waals surface area contributed by atoms with E-state index in [0.717, 1.165) is 17.4 Å². The highest BCUT2D eigenvalue weighted by molar-refractivity contribution is 7.88. The van der Waals surface area contributed by atoms with Crippen LogP contribution in [0.4, 0.5) is 19.1 Å². The highest BCUT2D eigenvalue weighted by atomic mass is 32.2. The van der Waals surface area contributed by atoms with Crippen LogP contribution in [0.3, 0.4) is 0 Å². The van der Waals surface area contributed by atoms with Crippen LogP contribution in [-0.2, 0) is 27.8 Å². The lowest BCUT2D eigenvalue weighted by Crippen LogP contribution is -2.50. The van der Waals surface area contributed by atoms with Crippen LogP contribution >= 0.6 is 0 Å². The first kappa shape index (κ1) is 22.6. The molecule has 0 radical (unpaired) electrons. The molecule has 6 nitrogen and oxygen atoms in total. The molecule has 33 heavy (non-hydrogen) atoms. The quantitative estimate of drug-likeness (QED) is 0.700. The Morgan fingerprint density at radius 1 is 1.24 bits per heavy atom. The van der Waals surface area contributed by atoms with Crippen LogP contribution in [0.2, 0.25) is 0 Å². The van der Waals surface area contributed by atoms with Gasteiger partial charge in [0, 0.05) is 30.1 Å². The molecule has 1 aromatic carbocycles. The van der Waals surface area contributed by atoms with Crippen LogP contribution < -0.4 is 9.62 Å². The topological polar surface area (TPSA) is 75.2 Å². The maximum atomic E-state index is 14.7. The highest BCUT2D eigenvalue weighted by Gasteiger charge is 2.45. The van der Waals surface area contributed by atoms with Gasteiger partial charge in [0.1, 0.15) is 12.4 Å². The lowest BCUT2D eigenvalue weighted by Gasteiger charge is -2.39. The van der Waals surface area contributed by atoms with Gasteiger partial charge < -0.3 is 4.90 Å². The molecule has 2 aromatic rings. The summed E-state index contributed by atoms with van der Waals surface area (Å²) in [6, 6.07) is 4.87. The first-order valence-electron chi connectivity index (χ1n) is 11.1. The van der Waals surface area contributed by atoms with E-state index in [9.17, 15) is 21.6 Å². The summed E-state index contributed by atoms with van der Waals surface area (Å²) in [4.78, 5) is 10.5. The molecule has 1 aromatic heterocycles. The minimum Gasteiger partial charge on any atom is -0.335 e. The normalized spacial score (nSPS) is 25.0. The largest absolute Gasteiger partial charge is 0.335 e. The lowest BCUT2D eigenvalue weighted by atomic mass is 9.85. The second-order valence-electron chi connectivity index (χ2n) is 10.0. The molecule has 0 saturated carbocycles. The summed E-state index contributed by atoms with van der Waals surface area (Å²) in [5, 5.41) is 0. The number of rotatable bonds is 5. The standard InChI is InChI=1S/C23H27F3N4O2S/c1-22(2)11-18(29-33(3,31)32)15-5-4-13(10-17(15)22)19-16-6-8-23(25,26)20(16)28-21(27-19)30-9-7-14(30)12-24/h4-5,10,14,18,29H,6-9,11-12H2,1-3H3/t14-,18?/m1/s1. The Balaban J connectivity index is 1.63. The maximum Gasteiger partial charge on any atom is 0.290 e. The number of hydrogen-bond acceptors (Lipinski definition) is 5. The second kappa shape index (κ2) is 7.40. The molecule has 2 heterocycles. The Morgan fingerprint density at radius 2 is 2.00 bits per heavy atom. The number of fused-ring (bicyclic) bond motifs is 2. The molecule has 1 saturated heterocycles. The van der Waals surface area contributed by atoms with E-state index in [1.54, 1.807) is 4.90 Å². The first-order chi connectivity index (χ1) is 15.4. The van der Waals surface area contributed by atoms with Gasteiger partial charge in [0.2, 0.25) is 16.0 Å². The van der Waals surface area contributed by atoms with Crippen LogP contribution in [0, 0.1) is 0 Å². The van der Waals surface area contributed by atoms with Gasteiger partial charge in [-0.25, -0.2) is 27.5 Å². The Morgan fingerprint density at radius 3 is 2.64 bits per heavy atom. The minimum atomic E-state index is -3.39. The van der Waals surface area contributed by atoms with Crippen molar-refractivity contribution in [1.82, 2.24) is 14.7 Å². The predicted molar refractivity (Wildman–Crippen MR) is 120 cm³/mol. The number of aromatic nitrogens is 2. The van der Waals surface area contributed by atoms with Gasteiger partial charge in [0.05, 0.1) is 18.0 Å². The monoisotopic (exact) mass is 480 g/mol. The van der Waals surface area contributed by atoms with Crippen LogP contribution in [0.1, 0.15) is 61.5 Å². The molecule has 1 unspecified atom stereocenters. The van der Waals surface area contributed by atoms with E-state index < -0.39 is 22.6 Å². The van der Waals surface area contributed by atoms with Crippen molar-refractivity contribution in [3.05, 3.63) is 40.6 Å². The second-order valence-corrected chi connectivity index (χ2v) is 11.8. The molecule has 5 rings (SSSR count). The predicted octanol–water partition coefficient (Wildman–Crippen LogP) is 4.00. The van der Waals surface area contributed by atoms with Crippen molar-refractivity contribution in [3.63, 3.8) is 0 Å². The molecular weight excluding hydrogens is 453 g/mol.